The largest absolute Gasteiger partial charge is 0.337 e. The number of aryl methyl sites for hydroxylation is 2. The molecule has 2 heterocycles. The highest BCUT2D eigenvalue weighted by atomic mass is 32.2. The minimum absolute atomic E-state index is 0.0453. The quantitative estimate of drug-likeness (QED) is 0.426. The molecular formula is C25H26N6O2S. The molecule has 4 rings (SSSR count). The fourth-order valence-corrected chi connectivity index (χ4v) is 4.63. The van der Waals surface area contributed by atoms with Crippen LogP contribution in [0, 0.1) is 31.1 Å². The number of amides is 1. The fourth-order valence-electron chi connectivity index (χ4n) is 3.89. The minimum Gasteiger partial charge on any atom is -0.337 e. The van der Waals surface area contributed by atoms with Crippen LogP contribution < -0.4 is 10.9 Å². The maximum absolute atomic E-state index is 13.6. The van der Waals surface area contributed by atoms with Crippen LogP contribution in [0.25, 0.3) is 22.4 Å². The van der Waals surface area contributed by atoms with Crippen molar-refractivity contribution >= 4 is 34.3 Å². The SMILES string of the molecule is Cc1cccc(C)c1-n1c(=O)c2ccccc2n2c(SCC(=O)N[C@@](C)(C#N)C(C)C)nnc12. The molecule has 2 aromatic heterocycles. The van der Waals surface area contributed by atoms with Crippen molar-refractivity contribution in [3.63, 3.8) is 0 Å². The van der Waals surface area contributed by atoms with Gasteiger partial charge in [0.05, 0.1) is 28.4 Å². The van der Waals surface area contributed by atoms with Gasteiger partial charge in [0, 0.05) is 0 Å². The van der Waals surface area contributed by atoms with Crippen LogP contribution >= 0.6 is 11.8 Å². The molecule has 1 atom stereocenters. The number of carbonyl (C=O) groups is 1. The van der Waals surface area contributed by atoms with Crippen LogP contribution in [-0.2, 0) is 4.79 Å². The summed E-state index contributed by atoms with van der Waals surface area (Å²) in [5.74, 6) is 0.123. The first-order chi connectivity index (χ1) is 16.2. The summed E-state index contributed by atoms with van der Waals surface area (Å²) in [5, 5.41) is 22.0. The van der Waals surface area contributed by atoms with Crippen molar-refractivity contribution < 1.29 is 4.79 Å². The Morgan fingerprint density at radius 1 is 1.15 bits per heavy atom. The monoisotopic (exact) mass is 474 g/mol. The smallest absolute Gasteiger partial charge is 0.267 e. The lowest BCUT2D eigenvalue weighted by atomic mass is 9.90. The van der Waals surface area contributed by atoms with Gasteiger partial charge < -0.3 is 5.32 Å². The molecule has 1 N–H and O–H groups in total. The van der Waals surface area contributed by atoms with Crippen molar-refractivity contribution in [2.24, 2.45) is 5.92 Å². The third kappa shape index (κ3) is 3.94. The van der Waals surface area contributed by atoms with Crippen LogP contribution in [0.2, 0.25) is 0 Å². The molecule has 0 fully saturated rings. The van der Waals surface area contributed by atoms with E-state index in [-0.39, 0.29) is 23.1 Å². The molecule has 0 aliphatic heterocycles. The summed E-state index contributed by atoms with van der Waals surface area (Å²) in [4.78, 5) is 26.2. The number of benzene rings is 2. The summed E-state index contributed by atoms with van der Waals surface area (Å²) in [5.41, 5.74) is 2.19. The Morgan fingerprint density at radius 2 is 1.82 bits per heavy atom. The number of fused-ring (bicyclic) bond motifs is 3. The number of hydrogen-bond donors (Lipinski definition) is 1. The Morgan fingerprint density at radius 3 is 2.47 bits per heavy atom. The molecular weight excluding hydrogens is 448 g/mol. The van der Waals surface area contributed by atoms with E-state index < -0.39 is 5.54 Å². The third-order valence-corrected chi connectivity index (χ3v) is 7.11. The van der Waals surface area contributed by atoms with E-state index in [4.69, 9.17) is 0 Å². The predicted octanol–water partition coefficient (Wildman–Crippen LogP) is 3.80. The second-order valence-corrected chi connectivity index (χ2v) is 9.76. The predicted molar refractivity (Wildman–Crippen MR) is 133 cm³/mol. The number of thioether (sulfide) groups is 1. The molecule has 0 unspecified atom stereocenters. The van der Waals surface area contributed by atoms with Gasteiger partial charge >= 0.3 is 0 Å². The minimum atomic E-state index is -0.958. The van der Waals surface area contributed by atoms with Gasteiger partial charge in [-0.1, -0.05) is 55.9 Å². The summed E-state index contributed by atoms with van der Waals surface area (Å²) >= 11 is 1.21. The van der Waals surface area contributed by atoms with Crippen LogP contribution in [0.4, 0.5) is 0 Å². The molecule has 174 valence electrons. The van der Waals surface area contributed by atoms with Gasteiger partial charge in [-0.3, -0.25) is 14.0 Å². The zero-order chi connectivity index (χ0) is 24.6. The second-order valence-electron chi connectivity index (χ2n) is 8.82. The van der Waals surface area contributed by atoms with Gasteiger partial charge in [-0.15, -0.1) is 10.2 Å². The van der Waals surface area contributed by atoms with E-state index in [9.17, 15) is 14.9 Å². The van der Waals surface area contributed by atoms with Crippen LogP contribution in [0.5, 0.6) is 0 Å². The van der Waals surface area contributed by atoms with Crippen molar-refractivity contribution in [2.45, 2.75) is 45.3 Å². The van der Waals surface area contributed by atoms with E-state index in [1.54, 1.807) is 17.6 Å². The molecule has 1 amide bonds. The van der Waals surface area contributed by atoms with Crippen molar-refractivity contribution in [1.82, 2.24) is 24.5 Å². The Kier molecular flexibility index (Phi) is 6.19. The molecule has 0 aliphatic rings. The van der Waals surface area contributed by atoms with Crippen molar-refractivity contribution in [2.75, 3.05) is 5.75 Å². The Balaban J connectivity index is 1.83. The molecule has 0 saturated carbocycles. The van der Waals surface area contributed by atoms with Gasteiger partial charge in [0.25, 0.3) is 5.56 Å². The molecule has 0 bridgehead atoms. The molecule has 0 spiro atoms. The highest BCUT2D eigenvalue weighted by Crippen LogP contribution is 2.26. The van der Waals surface area contributed by atoms with Crippen LogP contribution in [0.15, 0.2) is 52.4 Å². The Labute approximate surface area is 201 Å². The van der Waals surface area contributed by atoms with Crippen LogP contribution in [0.1, 0.15) is 31.9 Å². The summed E-state index contributed by atoms with van der Waals surface area (Å²) < 4.78 is 3.40. The average Bonchev–Trinajstić information content (AvgIpc) is 3.23. The van der Waals surface area contributed by atoms with Gasteiger partial charge in [-0.05, 0) is 49.9 Å². The van der Waals surface area contributed by atoms with Crippen LogP contribution in [-0.4, -0.2) is 36.4 Å². The first kappa shape index (κ1) is 23.5. The molecule has 34 heavy (non-hydrogen) atoms. The number of hydrogen-bond acceptors (Lipinski definition) is 6. The number of rotatable bonds is 6. The molecule has 0 radical (unpaired) electrons. The molecule has 2 aromatic carbocycles. The zero-order valence-electron chi connectivity index (χ0n) is 19.8. The Bertz CT molecular complexity index is 1490. The van der Waals surface area contributed by atoms with E-state index in [2.05, 4.69) is 21.6 Å². The number of aromatic nitrogens is 4. The molecule has 4 aromatic rings. The molecule has 0 saturated heterocycles. The molecule has 8 nitrogen and oxygen atoms in total. The van der Waals surface area contributed by atoms with E-state index in [1.165, 1.54) is 11.8 Å². The van der Waals surface area contributed by atoms with E-state index >= 15 is 0 Å². The standard InChI is InChI=1S/C25H26N6O2S/c1-15(2)25(5,14-26)27-20(32)13-34-24-29-28-23-30(24)19-12-7-6-11-18(19)22(33)31(23)21-16(3)9-8-10-17(21)4/h6-12,15H,13H2,1-5H3,(H,27,32)/t25-/m0/s1. The average molecular weight is 475 g/mol. The topological polar surface area (TPSA) is 105 Å². The lowest BCUT2D eigenvalue weighted by molar-refractivity contribution is -0.120. The van der Waals surface area contributed by atoms with Crippen molar-refractivity contribution in [3.05, 3.63) is 63.9 Å². The highest BCUT2D eigenvalue weighted by Gasteiger charge is 2.30. The zero-order valence-corrected chi connectivity index (χ0v) is 20.6. The molecule has 9 heteroatoms. The lowest BCUT2D eigenvalue weighted by Gasteiger charge is -2.27. The van der Waals surface area contributed by atoms with Gasteiger partial charge in [0.15, 0.2) is 5.16 Å². The first-order valence-corrected chi connectivity index (χ1v) is 12.0. The molecule has 0 aliphatic carbocycles. The van der Waals surface area contributed by atoms with Gasteiger partial charge in [0.1, 0.15) is 5.54 Å². The highest BCUT2D eigenvalue weighted by molar-refractivity contribution is 7.99. The second kappa shape index (κ2) is 8.95. The number of nitrogens with one attached hydrogen (secondary N) is 1. The van der Waals surface area contributed by atoms with Crippen LogP contribution in [0.3, 0.4) is 0 Å². The summed E-state index contributed by atoms with van der Waals surface area (Å²) in [6, 6.07) is 15.4. The normalized spacial score (nSPS) is 13.2. The first-order valence-electron chi connectivity index (χ1n) is 11.0. The van der Waals surface area contributed by atoms with Gasteiger partial charge in [0.2, 0.25) is 11.7 Å². The number of nitriles is 1. The number of para-hydroxylation sites is 2. The van der Waals surface area contributed by atoms with Gasteiger partial charge in [-0.2, -0.15) is 5.26 Å². The summed E-state index contributed by atoms with van der Waals surface area (Å²) in [6.45, 7) is 9.40. The lowest BCUT2D eigenvalue weighted by Crippen LogP contribution is -2.49. The number of nitrogens with zero attached hydrogens (tertiary/aromatic N) is 5. The Hall–Kier alpha value is -3.64. The van der Waals surface area contributed by atoms with Crippen molar-refractivity contribution in [3.8, 4) is 11.8 Å². The van der Waals surface area contributed by atoms with E-state index in [0.29, 0.717) is 21.8 Å². The fraction of sp³-hybridized carbons (Fsp3) is 0.320. The van der Waals surface area contributed by atoms with Gasteiger partial charge in [-0.25, -0.2) is 4.57 Å². The summed E-state index contributed by atoms with van der Waals surface area (Å²) in [6.07, 6.45) is 0. The van der Waals surface area contributed by atoms with E-state index in [0.717, 1.165) is 16.8 Å². The maximum atomic E-state index is 13.6. The van der Waals surface area contributed by atoms with E-state index in [1.807, 2.05) is 68.5 Å². The maximum Gasteiger partial charge on any atom is 0.267 e. The summed E-state index contributed by atoms with van der Waals surface area (Å²) in [7, 11) is 0. The third-order valence-electron chi connectivity index (χ3n) is 6.18. The van der Waals surface area contributed by atoms with Crippen molar-refractivity contribution in [1.29, 1.82) is 5.26 Å². The number of carbonyl (C=O) groups excluding carboxylic acids is 1.